The minimum atomic E-state index is -1.40. The molecule has 28 heteroatoms. The van der Waals surface area contributed by atoms with Crippen molar-refractivity contribution in [3.8, 4) is 22.3 Å². The average molecular weight is 1560 g/mol. The van der Waals surface area contributed by atoms with Gasteiger partial charge in [-0.15, -0.1) is 0 Å². The van der Waals surface area contributed by atoms with Crippen LogP contribution in [-0.4, -0.2) is 148 Å². The fourth-order valence-corrected chi connectivity index (χ4v) is 11.0. The van der Waals surface area contributed by atoms with E-state index in [0.717, 1.165) is 70.6 Å². The van der Waals surface area contributed by atoms with E-state index >= 15 is 0 Å². The van der Waals surface area contributed by atoms with Crippen molar-refractivity contribution in [2.45, 2.75) is 190 Å². The molecule has 113 heavy (non-hydrogen) atoms. The number of hydrogen-bond donors (Lipinski definition) is 8. The van der Waals surface area contributed by atoms with Crippen LogP contribution in [0.4, 0.5) is 15.3 Å². The fraction of sp³-hybridized carbons (Fsp3) is 0.412. The standard InChI is InChI=1S/C43H51N3O10.C27H30N2O9.C15H22N2O2/c1-6-8-9-10-19-53-39(49)23-36(44)31-15-13-28(14-16-31)20-38(48)35-21-30(7-2)32(25-47)22-34(35)33-17-18-37(41(50)45-24-29-11-12-29)46-40(33)42(51)55-27(5)56-43(52)54-26(3)4;1-5-17-10-21(25(32)33)20(11-18(17)13-30)19-8-9-22(24(31)28-12-16-6-7-16)29-23(19)26(34)37-15(4)38-27(35)36-14(2)3;1-2-3-4-5-10-19-15(18)11-14(17)12-6-8-13(16)9-7-12/h7,13-18,21-22,26-27,29,44,47H,2,6,8-12,19-20,23-25H2,1,3-5H3,(H,45,50);5,8-11,14-16,30H,1,6-7,12-13H2,2-4H3,(H,28,31)(H,32,33);6-9,17H,2-5,10-11,16H2,1H3. The Morgan fingerprint density at radius 3 is 1.29 bits per heavy atom. The van der Waals surface area contributed by atoms with Crippen LogP contribution in [0.3, 0.4) is 0 Å². The summed E-state index contributed by atoms with van der Waals surface area (Å²) >= 11 is 0. The number of carbonyl (C=O) groups excluding carboxylic acids is 9. The minimum Gasteiger partial charge on any atom is -0.478 e. The molecule has 0 spiro atoms. The number of pyridine rings is 2. The van der Waals surface area contributed by atoms with Gasteiger partial charge in [-0.1, -0.05) is 114 Å². The highest BCUT2D eigenvalue weighted by Crippen LogP contribution is 2.35. The number of nitrogens with two attached hydrogens (primary N) is 1. The summed E-state index contributed by atoms with van der Waals surface area (Å²) < 4.78 is 40.9. The molecular weight excluding hydrogens is 1450 g/mol. The number of aromatic nitrogens is 2. The lowest BCUT2D eigenvalue weighted by Crippen LogP contribution is -2.28. The first-order valence-corrected chi connectivity index (χ1v) is 37.7. The third-order valence-electron chi connectivity index (χ3n) is 17.4. The quantitative estimate of drug-likeness (QED) is 0.00337. The number of carbonyl (C=O) groups is 10. The molecule has 0 radical (unpaired) electrons. The van der Waals surface area contributed by atoms with Gasteiger partial charge in [0, 0.05) is 67.2 Å². The lowest BCUT2D eigenvalue weighted by atomic mass is 9.89. The van der Waals surface area contributed by atoms with Crippen molar-refractivity contribution >= 4 is 89.0 Å². The first kappa shape index (κ1) is 90.1. The highest BCUT2D eigenvalue weighted by molar-refractivity contribution is 6.10. The number of esters is 4. The number of aromatic carboxylic acids is 1. The van der Waals surface area contributed by atoms with E-state index in [9.17, 15) is 63.3 Å². The maximum atomic E-state index is 14.1. The summed E-state index contributed by atoms with van der Waals surface area (Å²) in [5, 5.41) is 51.7. The van der Waals surface area contributed by atoms with Gasteiger partial charge in [-0.2, -0.15) is 0 Å². The lowest BCUT2D eigenvalue weighted by molar-refractivity contribution is -0.143. The van der Waals surface area contributed by atoms with Crippen LogP contribution in [0.1, 0.15) is 247 Å². The van der Waals surface area contributed by atoms with Crippen molar-refractivity contribution in [2.75, 3.05) is 32.0 Å². The molecule has 0 aliphatic heterocycles. The van der Waals surface area contributed by atoms with Crippen molar-refractivity contribution in [1.82, 2.24) is 20.6 Å². The van der Waals surface area contributed by atoms with Crippen molar-refractivity contribution in [3.63, 3.8) is 0 Å². The minimum absolute atomic E-state index is 0.0116. The smallest absolute Gasteiger partial charge is 0.478 e. The third-order valence-corrected chi connectivity index (χ3v) is 17.4. The van der Waals surface area contributed by atoms with E-state index in [2.05, 4.69) is 47.6 Å². The van der Waals surface area contributed by atoms with Crippen LogP contribution in [0, 0.1) is 22.7 Å². The van der Waals surface area contributed by atoms with Gasteiger partial charge in [-0.05, 0) is 189 Å². The van der Waals surface area contributed by atoms with Gasteiger partial charge in [0.15, 0.2) is 17.2 Å². The van der Waals surface area contributed by atoms with E-state index < -0.39 is 86.0 Å². The van der Waals surface area contributed by atoms with Gasteiger partial charge in [0.25, 0.3) is 11.8 Å². The Balaban J connectivity index is 0.000000298. The number of hydrogen-bond acceptors (Lipinski definition) is 25. The number of nitrogens with one attached hydrogen (secondary N) is 4. The van der Waals surface area contributed by atoms with Gasteiger partial charge in [0.1, 0.15) is 11.4 Å². The molecule has 8 rings (SSSR count). The summed E-state index contributed by atoms with van der Waals surface area (Å²) in [7, 11) is 0. The van der Waals surface area contributed by atoms with E-state index in [-0.39, 0.29) is 98.6 Å². The number of nitrogens with zero attached hydrogens (tertiary/aromatic N) is 2. The van der Waals surface area contributed by atoms with E-state index in [1.54, 1.807) is 88.4 Å². The number of nitrogen functional groups attached to an aromatic ring is 1. The molecule has 2 heterocycles. The zero-order valence-corrected chi connectivity index (χ0v) is 65.3. The number of carboxylic acids is 1. The Morgan fingerprint density at radius 2 is 0.920 bits per heavy atom. The number of rotatable bonds is 40. The van der Waals surface area contributed by atoms with Crippen molar-refractivity contribution < 1.29 is 101 Å². The summed E-state index contributed by atoms with van der Waals surface area (Å²) in [6, 6.07) is 25.1. The molecule has 2 aliphatic carbocycles. The normalized spacial score (nSPS) is 12.5. The summed E-state index contributed by atoms with van der Waals surface area (Å²) in [6.07, 6.45) is 9.09. The Labute approximate surface area is 657 Å². The van der Waals surface area contributed by atoms with Gasteiger partial charge in [-0.3, -0.25) is 24.0 Å². The second kappa shape index (κ2) is 45.5. The average Bonchev–Trinajstić information content (AvgIpc) is 1.20. The number of aliphatic hydroxyl groups excluding tert-OH is 2. The number of Topliss-reactive ketones (excluding diaryl/α,β-unsaturated/α-hetero) is 1. The SMILES string of the molecule is C=Cc1cc(C(=O)Cc2ccc(C(=N)CC(=O)OCCCCCC)cc2)c(-c2ccc(C(=O)NCC3CC3)nc2C(=O)OC(C)OC(=O)OC(C)C)cc1CO.C=Cc1cc(C(=O)O)c(-c2ccc(C(=O)NCC3CC3)nc2C(=O)OC(C)OC(=O)OC(C)C)cc1CO.CCCCCCOC(=O)CC(=N)c1ccc(N)cc1. The first-order valence-electron chi connectivity index (χ1n) is 37.7. The maximum absolute atomic E-state index is 14.1. The van der Waals surface area contributed by atoms with Gasteiger partial charge >= 0.3 is 42.2 Å². The lowest BCUT2D eigenvalue weighted by Gasteiger charge is -2.18. The number of amides is 2. The molecule has 604 valence electrons. The Kier molecular flexibility index (Phi) is 36.3. The summed E-state index contributed by atoms with van der Waals surface area (Å²) in [5.41, 5.74) is 9.61. The van der Waals surface area contributed by atoms with E-state index in [1.165, 1.54) is 68.8 Å². The first-order chi connectivity index (χ1) is 54.0. The molecule has 2 atom stereocenters. The number of aliphatic hydroxyl groups is 2. The highest BCUT2D eigenvalue weighted by Gasteiger charge is 2.31. The predicted molar refractivity (Wildman–Crippen MR) is 422 cm³/mol. The number of carboxylic acid groups (broad SMARTS) is 1. The fourth-order valence-electron chi connectivity index (χ4n) is 11.0. The molecule has 2 fully saturated rings. The van der Waals surface area contributed by atoms with Crippen LogP contribution < -0.4 is 16.4 Å². The number of ketones is 1. The van der Waals surface area contributed by atoms with E-state index in [1.807, 2.05) is 0 Å². The van der Waals surface area contributed by atoms with Crippen molar-refractivity contribution in [2.24, 2.45) is 11.8 Å². The molecule has 2 amide bonds. The van der Waals surface area contributed by atoms with Crippen LogP contribution in [0.2, 0.25) is 0 Å². The van der Waals surface area contributed by atoms with Gasteiger partial charge in [-0.25, -0.2) is 33.9 Å². The summed E-state index contributed by atoms with van der Waals surface area (Å²) in [6.45, 7) is 21.7. The second-order valence-corrected chi connectivity index (χ2v) is 27.5. The van der Waals surface area contributed by atoms with Crippen molar-refractivity contribution in [3.05, 3.63) is 183 Å². The van der Waals surface area contributed by atoms with Crippen molar-refractivity contribution in [1.29, 1.82) is 10.8 Å². The van der Waals surface area contributed by atoms with Crippen LogP contribution >= 0.6 is 0 Å². The molecule has 4 aromatic carbocycles. The highest BCUT2D eigenvalue weighted by atomic mass is 16.8. The molecule has 28 nitrogen and oxygen atoms in total. The number of benzene rings is 4. The Bertz CT molecular complexity index is 4370. The van der Waals surface area contributed by atoms with Crippen LogP contribution in [0.25, 0.3) is 34.4 Å². The number of unbranched alkanes of at least 4 members (excludes halogenated alkanes) is 6. The molecule has 6 aromatic rings. The monoisotopic (exact) mass is 1560 g/mol. The molecule has 0 bridgehead atoms. The number of anilines is 1. The predicted octanol–water partition coefficient (Wildman–Crippen LogP) is 14.3. The number of ether oxygens (including phenoxy) is 8. The molecular formula is C85H103N7O21. The third kappa shape index (κ3) is 29.8. The summed E-state index contributed by atoms with van der Waals surface area (Å²) in [5.74, 6) is -4.81. The molecule has 2 aromatic heterocycles. The second-order valence-electron chi connectivity index (χ2n) is 27.5. The van der Waals surface area contributed by atoms with E-state index in [4.69, 9.17) is 54.4 Å². The van der Waals surface area contributed by atoms with Crippen LogP contribution in [0.5, 0.6) is 0 Å². The maximum Gasteiger partial charge on any atom is 0.511 e. The Hall–Kier alpha value is -11.8. The van der Waals surface area contributed by atoms with Gasteiger partial charge in [0.2, 0.25) is 12.6 Å². The topological polar surface area (TPSA) is 429 Å². The van der Waals surface area contributed by atoms with Crippen LogP contribution in [0.15, 0.2) is 110 Å². The Morgan fingerprint density at radius 1 is 0.522 bits per heavy atom. The molecule has 9 N–H and O–H groups in total. The zero-order chi connectivity index (χ0) is 82.8. The molecule has 2 saturated carbocycles. The largest absolute Gasteiger partial charge is 0.511 e. The van der Waals surface area contributed by atoms with E-state index in [0.29, 0.717) is 82.8 Å². The van der Waals surface area contributed by atoms with Crippen LogP contribution in [-0.2, 0) is 67.1 Å². The molecule has 0 saturated heterocycles. The molecule has 2 unspecified atom stereocenters. The molecule has 2 aliphatic rings. The van der Waals surface area contributed by atoms with Gasteiger partial charge in [0.05, 0.1) is 57.0 Å². The summed E-state index contributed by atoms with van der Waals surface area (Å²) in [4.78, 5) is 135. The zero-order valence-electron chi connectivity index (χ0n) is 65.3. The van der Waals surface area contributed by atoms with Gasteiger partial charge < -0.3 is 80.4 Å².